The SMILES string of the molecule is CCCC(C)(Cc1ccc(OC)cc1)C(=O)O. The number of rotatable bonds is 6. The fraction of sp³-hybridized carbons (Fsp3) is 0.500. The van der Waals surface area contributed by atoms with Gasteiger partial charge in [-0.3, -0.25) is 4.79 Å². The Morgan fingerprint density at radius 2 is 1.94 bits per heavy atom. The summed E-state index contributed by atoms with van der Waals surface area (Å²) >= 11 is 0. The second kappa shape index (κ2) is 5.71. The van der Waals surface area contributed by atoms with Crippen molar-refractivity contribution in [1.29, 1.82) is 0 Å². The maximum Gasteiger partial charge on any atom is 0.309 e. The van der Waals surface area contributed by atoms with Crippen LogP contribution < -0.4 is 4.74 Å². The van der Waals surface area contributed by atoms with Crippen LogP contribution in [0.5, 0.6) is 5.75 Å². The normalized spacial score (nSPS) is 14.1. The largest absolute Gasteiger partial charge is 0.497 e. The molecule has 17 heavy (non-hydrogen) atoms. The van der Waals surface area contributed by atoms with Gasteiger partial charge in [-0.05, 0) is 37.5 Å². The van der Waals surface area contributed by atoms with Gasteiger partial charge in [0.15, 0.2) is 0 Å². The molecule has 0 aromatic heterocycles. The Morgan fingerprint density at radius 3 is 2.35 bits per heavy atom. The van der Waals surface area contributed by atoms with E-state index in [0.717, 1.165) is 17.7 Å². The van der Waals surface area contributed by atoms with Crippen LogP contribution in [0.15, 0.2) is 24.3 Å². The van der Waals surface area contributed by atoms with Gasteiger partial charge in [0, 0.05) is 0 Å². The van der Waals surface area contributed by atoms with Crippen molar-refractivity contribution in [3.63, 3.8) is 0 Å². The lowest BCUT2D eigenvalue weighted by molar-refractivity contribution is -0.148. The highest BCUT2D eigenvalue weighted by atomic mass is 16.5. The molecule has 0 radical (unpaired) electrons. The molecule has 0 amide bonds. The van der Waals surface area contributed by atoms with Crippen molar-refractivity contribution in [2.75, 3.05) is 7.11 Å². The summed E-state index contributed by atoms with van der Waals surface area (Å²) < 4.78 is 5.08. The monoisotopic (exact) mass is 236 g/mol. The van der Waals surface area contributed by atoms with Crippen LogP contribution >= 0.6 is 0 Å². The van der Waals surface area contributed by atoms with Crippen molar-refractivity contribution >= 4 is 5.97 Å². The van der Waals surface area contributed by atoms with E-state index in [2.05, 4.69) is 0 Å². The third kappa shape index (κ3) is 3.48. The van der Waals surface area contributed by atoms with Crippen LogP contribution in [-0.2, 0) is 11.2 Å². The Bertz CT molecular complexity index is 370. The Balaban J connectivity index is 2.82. The predicted octanol–water partition coefficient (Wildman–Crippen LogP) is 3.13. The molecule has 1 aromatic carbocycles. The van der Waals surface area contributed by atoms with E-state index in [-0.39, 0.29) is 0 Å². The first-order chi connectivity index (χ1) is 8.01. The Kier molecular flexibility index (Phi) is 4.55. The van der Waals surface area contributed by atoms with Crippen molar-refractivity contribution in [1.82, 2.24) is 0 Å². The number of hydrogen-bond donors (Lipinski definition) is 1. The van der Waals surface area contributed by atoms with Gasteiger partial charge in [-0.25, -0.2) is 0 Å². The van der Waals surface area contributed by atoms with Crippen LogP contribution in [0.1, 0.15) is 32.3 Å². The van der Waals surface area contributed by atoms with Gasteiger partial charge in [0.2, 0.25) is 0 Å². The molecule has 1 N–H and O–H groups in total. The van der Waals surface area contributed by atoms with E-state index in [1.54, 1.807) is 7.11 Å². The minimum Gasteiger partial charge on any atom is -0.497 e. The van der Waals surface area contributed by atoms with Crippen LogP contribution in [0.4, 0.5) is 0 Å². The van der Waals surface area contributed by atoms with E-state index in [4.69, 9.17) is 4.74 Å². The van der Waals surface area contributed by atoms with Gasteiger partial charge >= 0.3 is 5.97 Å². The van der Waals surface area contributed by atoms with E-state index in [1.807, 2.05) is 38.1 Å². The summed E-state index contributed by atoms with van der Waals surface area (Å²) in [4.78, 5) is 11.3. The van der Waals surface area contributed by atoms with Gasteiger partial charge in [0.25, 0.3) is 0 Å². The van der Waals surface area contributed by atoms with Gasteiger partial charge in [-0.2, -0.15) is 0 Å². The van der Waals surface area contributed by atoms with Crippen molar-refractivity contribution in [3.8, 4) is 5.75 Å². The minimum atomic E-state index is -0.727. The number of carboxylic acids is 1. The molecule has 0 spiro atoms. The average Bonchev–Trinajstić information content (AvgIpc) is 2.30. The average molecular weight is 236 g/mol. The number of methoxy groups -OCH3 is 1. The molecular formula is C14H20O3. The van der Waals surface area contributed by atoms with Crippen molar-refractivity contribution in [2.24, 2.45) is 5.41 Å². The maximum atomic E-state index is 11.3. The molecule has 0 aliphatic carbocycles. The van der Waals surface area contributed by atoms with Gasteiger partial charge in [0.05, 0.1) is 12.5 Å². The number of benzene rings is 1. The van der Waals surface area contributed by atoms with Crippen molar-refractivity contribution in [2.45, 2.75) is 33.1 Å². The summed E-state index contributed by atoms with van der Waals surface area (Å²) in [6, 6.07) is 7.58. The van der Waals surface area contributed by atoms with Crippen LogP contribution in [-0.4, -0.2) is 18.2 Å². The molecule has 0 fully saturated rings. The number of aliphatic carboxylic acids is 1. The summed E-state index contributed by atoms with van der Waals surface area (Å²) in [5, 5.41) is 9.30. The molecule has 94 valence electrons. The molecule has 3 heteroatoms. The fourth-order valence-corrected chi connectivity index (χ4v) is 2.02. The topological polar surface area (TPSA) is 46.5 Å². The van der Waals surface area contributed by atoms with Gasteiger partial charge in [-0.15, -0.1) is 0 Å². The first kappa shape index (κ1) is 13.6. The molecule has 0 heterocycles. The van der Waals surface area contributed by atoms with Gasteiger partial charge in [-0.1, -0.05) is 25.5 Å². The maximum absolute atomic E-state index is 11.3. The van der Waals surface area contributed by atoms with E-state index < -0.39 is 11.4 Å². The zero-order chi connectivity index (χ0) is 12.9. The molecule has 1 atom stereocenters. The molecule has 0 saturated carbocycles. The molecule has 1 rings (SSSR count). The number of carbonyl (C=O) groups is 1. The number of hydrogen-bond acceptors (Lipinski definition) is 2. The lowest BCUT2D eigenvalue weighted by Gasteiger charge is -2.24. The lowest BCUT2D eigenvalue weighted by Crippen LogP contribution is -2.29. The second-order valence-electron chi connectivity index (χ2n) is 4.64. The summed E-state index contributed by atoms with van der Waals surface area (Å²) in [6.07, 6.45) is 2.12. The van der Waals surface area contributed by atoms with E-state index in [1.165, 1.54) is 0 Å². The second-order valence-corrected chi connectivity index (χ2v) is 4.64. The molecule has 1 aromatic rings. The first-order valence-electron chi connectivity index (χ1n) is 5.88. The van der Waals surface area contributed by atoms with Gasteiger partial charge in [0.1, 0.15) is 5.75 Å². The van der Waals surface area contributed by atoms with Crippen LogP contribution in [0.25, 0.3) is 0 Å². The number of ether oxygens (including phenoxy) is 1. The van der Waals surface area contributed by atoms with E-state index >= 15 is 0 Å². The van der Waals surface area contributed by atoms with Crippen molar-refractivity contribution in [3.05, 3.63) is 29.8 Å². The minimum absolute atomic E-state index is 0.556. The Morgan fingerprint density at radius 1 is 1.35 bits per heavy atom. The first-order valence-corrected chi connectivity index (χ1v) is 5.88. The summed E-state index contributed by atoms with van der Waals surface area (Å²) in [6.45, 7) is 3.82. The smallest absolute Gasteiger partial charge is 0.309 e. The third-order valence-corrected chi connectivity index (χ3v) is 3.07. The van der Waals surface area contributed by atoms with E-state index in [9.17, 15) is 9.90 Å². The summed E-state index contributed by atoms with van der Waals surface area (Å²) in [5.41, 5.74) is 0.354. The zero-order valence-corrected chi connectivity index (χ0v) is 10.7. The lowest BCUT2D eigenvalue weighted by atomic mass is 9.80. The molecule has 0 bridgehead atoms. The third-order valence-electron chi connectivity index (χ3n) is 3.07. The van der Waals surface area contributed by atoms with Crippen LogP contribution in [0.2, 0.25) is 0 Å². The fourth-order valence-electron chi connectivity index (χ4n) is 2.02. The molecule has 0 aliphatic heterocycles. The molecule has 3 nitrogen and oxygen atoms in total. The predicted molar refractivity (Wildman–Crippen MR) is 67.3 cm³/mol. The number of carboxylic acid groups (broad SMARTS) is 1. The highest BCUT2D eigenvalue weighted by Crippen LogP contribution is 2.29. The quantitative estimate of drug-likeness (QED) is 0.825. The molecule has 0 aliphatic rings. The standard InChI is InChI=1S/C14H20O3/c1-4-9-14(2,13(15)16)10-11-5-7-12(17-3)8-6-11/h5-8H,4,9-10H2,1-3H3,(H,15,16). The highest BCUT2D eigenvalue weighted by molar-refractivity contribution is 5.74. The zero-order valence-electron chi connectivity index (χ0n) is 10.7. The summed E-state index contributed by atoms with van der Waals surface area (Å²) in [7, 11) is 1.62. The Hall–Kier alpha value is -1.51. The molecule has 0 saturated heterocycles. The Labute approximate surface area is 102 Å². The van der Waals surface area contributed by atoms with E-state index in [0.29, 0.717) is 12.8 Å². The van der Waals surface area contributed by atoms with Gasteiger partial charge < -0.3 is 9.84 Å². The van der Waals surface area contributed by atoms with Crippen LogP contribution in [0.3, 0.4) is 0 Å². The summed E-state index contributed by atoms with van der Waals surface area (Å²) in [5.74, 6) is 0.0661. The van der Waals surface area contributed by atoms with Crippen LogP contribution in [0, 0.1) is 5.41 Å². The highest BCUT2D eigenvalue weighted by Gasteiger charge is 2.32. The molecule has 1 unspecified atom stereocenters. The molecular weight excluding hydrogens is 216 g/mol. The van der Waals surface area contributed by atoms with Crippen molar-refractivity contribution < 1.29 is 14.6 Å².